The molecule has 1 amide bonds. The van der Waals surface area contributed by atoms with Crippen molar-refractivity contribution in [1.82, 2.24) is 15.6 Å². The number of alkyl carbamates (subject to hydrolysis) is 1. The van der Waals surface area contributed by atoms with Crippen LogP contribution < -0.4 is 10.6 Å². The van der Waals surface area contributed by atoms with Gasteiger partial charge in [-0.05, 0) is 33.8 Å². The van der Waals surface area contributed by atoms with Gasteiger partial charge in [-0.1, -0.05) is 6.07 Å². The number of carboxylic acids is 1. The van der Waals surface area contributed by atoms with Gasteiger partial charge in [0, 0.05) is 34.8 Å². The molecule has 0 aliphatic carbocycles. The first-order chi connectivity index (χ1) is 16.8. The molecule has 0 radical (unpaired) electrons. The lowest BCUT2D eigenvalue weighted by atomic mass is 9.90. The molecule has 1 aromatic carbocycles. The topological polar surface area (TPSA) is 130 Å². The summed E-state index contributed by atoms with van der Waals surface area (Å²) in [6, 6.07) is -1.34. The second-order valence-electron chi connectivity index (χ2n) is 8.80. The number of rotatable bonds is 7. The number of ether oxygens (including phenoxy) is 1. The van der Waals surface area contributed by atoms with Crippen LogP contribution in [0, 0.1) is 17.5 Å². The van der Waals surface area contributed by atoms with E-state index in [0.29, 0.717) is 11.1 Å². The Hall–Kier alpha value is -3.74. The Morgan fingerprint density at radius 1 is 1.22 bits per heavy atom. The molecule has 3 N–H and O–H groups in total. The normalized spacial score (nSPS) is 16.6. The Bertz CT molecular complexity index is 1260. The van der Waals surface area contributed by atoms with Gasteiger partial charge in [-0.25, -0.2) is 27.7 Å². The van der Waals surface area contributed by atoms with E-state index in [9.17, 15) is 32.7 Å². The molecule has 1 aliphatic heterocycles. The average Bonchev–Trinajstić information content (AvgIpc) is 3.30. The van der Waals surface area contributed by atoms with Gasteiger partial charge < -0.3 is 20.5 Å². The summed E-state index contributed by atoms with van der Waals surface area (Å²) < 4.78 is 47.6. The van der Waals surface area contributed by atoms with E-state index in [2.05, 4.69) is 20.6 Å². The van der Waals surface area contributed by atoms with E-state index in [0.717, 1.165) is 24.3 Å². The summed E-state index contributed by atoms with van der Waals surface area (Å²) in [4.78, 5) is 45.3. The number of aliphatic carboxylic acids is 1. The molecule has 0 spiro atoms. The Labute approximate surface area is 208 Å². The lowest BCUT2D eigenvalue weighted by Crippen LogP contribution is -2.45. The van der Waals surface area contributed by atoms with Crippen LogP contribution in [0.3, 0.4) is 0 Å². The fourth-order valence-corrected chi connectivity index (χ4v) is 4.04. The van der Waals surface area contributed by atoms with Crippen LogP contribution in [0.2, 0.25) is 0 Å². The smallest absolute Gasteiger partial charge is 0.408 e. The number of nitrogens with zero attached hydrogens (tertiary/aromatic N) is 2. The fraction of sp³-hybridized carbons (Fsp3) is 0.348. The molecule has 36 heavy (non-hydrogen) atoms. The van der Waals surface area contributed by atoms with Crippen molar-refractivity contribution in [1.29, 1.82) is 0 Å². The number of amides is 1. The maximum absolute atomic E-state index is 14.8. The van der Waals surface area contributed by atoms with Crippen molar-refractivity contribution in [3.05, 3.63) is 63.0 Å². The van der Waals surface area contributed by atoms with Crippen LogP contribution in [-0.2, 0) is 14.3 Å². The van der Waals surface area contributed by atoms with Crippen LogP contribution in [0.25, 0.3) is 0 Å². The third kappa shape index (κ3) is 6.08. The first-order valence-electron chi connectivity index (χ1n) is 10.6. The molecule has 1 aliphatic rings. The van der Waals surface area contributed by atoms with Crippen molar-refractivity contribution in [2.45, 2.75) is 51.8 Å². The highest BCUT2D eigenvalue weighted by molar-refractivity contribution is 7.11. The summed E-state index contributed by atoms with van der Waals surface area (Å²) in [5, 5.41) is 16.7. The predicted molar refractivity (Wildman–Crippen MR) is 124 cm³/mol. The SMILES string of the molecule is CC(=O)C1=C(C[C@H](NC(=O)OC(C)(C)C)C(=O)O)NC(c2nccs2)=NC1c1ccc(F)c(F)c1F. The van der Waals surface area contributed by atoms with E-state index in [4.69, 9.17) is 4.74 Å². The van der Waals surface area contributed by atoms with Crippen molar-refractivity contribution in [2.24, 2.45) is 4.99 Å². The molecular weight excluding hydrogens is 501 g/mol. The molecule has 2 heterocycles. The maximum Gasteiger partial charge on any atom is 0.408 e. The molecule has 3 rings (SSSR count). The number of ketones is 1. The van der Waals surface area contributed by atoms with Crippen molar-refractivity contribution >= 4 is 35.0 Å². The van der Waals surface area contributed by atoms with E-state index < -0.39 is 65.0 Å². The number of amidine groups is 1. The van der Waals surface area contributed by atoms with Crippen LogP contribution in [0.15, 0.2) is 40.0 Å². The summed E-state index contributed by atoms with van der Waals surface area (Å²) in [5.41, 5.74) is -1.53. The van der Waals surface area contributed by atoms with Gasteiger partial charge in [-0.2, -0.15) is 0 Å². The minimum atomic E-state index is -1.74. The second kappa shape index (κ2) is 10.5. The van der Waals surface area contributed by atoms with E-state index in [-0.39, 0.29) is 17.1 Å². The molecule has 1 unspecified atom stereocenters. The van der Waals surface area contributed by atoms with Gasteiger partial charge in [0.2, 0.25) is 0 Å². The van der Waals surface area contributed by atoms with Crippen molar-refractivity contribution in [2.75, 3.05) is 0 Å². The van der Waals surface area contributed by atoms with Gasteiger partial charge >= 0.3 is 12.1 Å². The Morgan fingerprint density at radius 2 is 1.92 bits per heavy atom. The van der Waals surface area contributed by atoms with Crippen LogP contribution in [0.1, 0.15) is 50.7 Å². The Balaban J connectivity index is 2.10. The molecule has 2 aromatic rings. The van der Waals surface area contributed by atoms with E-state index in [1.54, 1.807) is 26.2 Å². The molecule has 192 valence electrons. The molecule has 0 fully saturated rings. The number of hydrogen-bond acceptors (Lipinski definition) is 8. The Kier molecular flexibility index (Phi) is 7.82. The second-order valence-corrected chi connectivity index (χ2v) is 9.69. The lowest BCUT2D eigenvalue weighted by molar-refractivity contribution is -0.139. The highest BCUT2D eigenvalue weighted by Gasteiger charge is 2.35. The standard InChI is InChI=1S/C23H23F3N4O5S/c1-10(31)15-13(9-14(21(32)33)29-22(34)35-23(2,3)4)28-19(20-27-7-8-36-20)30-18(15)11-5-6-12(24)17(26)16(11)25/h5-8,14,18H,9H2,1-4H3,(H,28,30)(H,29,34)(H,32,33)/t14-,18?/m0/s1. The summed E-state index contributed by atoms with van der Waals surface area (Å²) in [5.74, 6) is -6.71. The van der Waals surface area contributed by atoms with Crippen LogP contribution >= 0.6 is 11.3 Å². The number of carbonyl (C=O) groups excluding carboxylic acids is 2. The molecule has 1 aromatic heterocycles. The summed E-state index contributed by atoms with van der Waals surface area (Å²) in [6.45, 7) is 5.93. The average molecular weight is 525 g/mol. The molecule has 9 nitrogen and oxygen atoms in total. The molecule has 13 heteroatoms. The number of aliphatic imine (C=N–C) groups is 1. The number of aromatic nitrogens is 1. The third-order valence-corrected chi connectivity index (χ3v) is 5.68. The highest BCUT2D eigenvalue weighted by atomic mass is 32.1. The van der Waals surface area contributed by atoms with Gasteiger partial charge in [0.1, 0.15) is 17.7 Å². The van der Waals surface area contributed by atoms with Crippen molar-refractivity contribution in [3.63, 3.8) is 0 Å². The third-order valence-electron chi connectivity index (χ3n) is 4.90. The first-order valence-corrected chi connectivity index (χ1v) is 11.5. The zero-order valence-corrected chi connectivity index (χ0v) is 20.5. The van der Waals surface area contributed by atoms with Gasteiger partial charge in [0.25, 0.3) is 0 Å². The van der Waals surface area contributed by atoms with E-state index in [1.165, 1.54) is 6.20 Å². The number of thiazole rings is 1. The minimum absolute atomic E-state index is 0.0136. The van der Waals surface area contributed by atoms with Gasteiger partial charge in [-0.3, -0.25) is 9.79 Å². The lowest BCUT2D eigenvalue weighted by Gasteiger charge is -2.29. The number of benzene rings is 1. The molecular formula is C23H23F3N4O5S. The summed E-state index contributed by atoms with van der Waals surface area (Å²) in [6.07, 6.45) is -0.00575. The molecule has 0 saturated heterocycles. The first kappa shape index (κ1) is 26.9. The summed E-state index contributed by atoms with van der Waals surface area (Å²) in [7, 11) is 0. The van der Waals surface area contributed by atoms with Crippen LogP contribution in [0.4, 0.5) is 18.0 Å². The van der Waals surface area contributed by atoms with Crippen LogP contribution in [0.5, 0.6) is 0 Å². The van der Waals surface area contributed by atoms with Gasteiger partial charge in [0.05, 0.1) is 0 Å². The number of carbonyl (C=O) groups is 3. The minimum Gasteiger partial charge on any atom is -0.480 e. The number of Topliss-reactive ketones (excluding diaryl/α,β-unsaturated/α-hetero) is 1. The quantitative estimate of drug-likeness (QED) is 0.469. The fourth-order valence-electron chi connectivity index (χ4n) is 3.45. The van der Waals surface area contributed by atoms with Crippen LogP contribution in [-0.4, -0.2) is 45.4 Å². The number of halogens is 3. The largest absolute Gasteiger partial charge is 0.480 e. The van der Waals surface area contributed by atoms with Gasteiger partial charge in [-0.15, -0.1) is 11.3 Å². The van der Waals surface area contributed by atoms with Gasteiger partial charge in [0.15, 0.2) is 34.1 Å². The number of nitrogens with one attached hydrogen (secondary N) is 2. The van der Waals surface area contributed by atoms with E-state index >= 15 is 0 Å². The van der Waals surface area contributed by atoms with E-state index in [1.807, 2.05) is 0 Å². The Morgan fingerprint density at radius 3 is 2.47 bits per heavy atom. The zero-order valence-electron chi connectivity index (χ0n) is 19.7. The van der Waals surface area contributed by atoms with Crippen molar-refractivity contribution < 1.29 is 37.4 Å². The monoisotopic (exact) mass is 524 g/mol. The highest BCUT2D eigenvalue weighted by Crippen LogP contribution is 2.36. The molecule has 2 atom stereocenters. The number of hydrogen-bond donors (Lipinski definition) is 3. The zero-order chi connectivity index (χ0) is 26.8. The summed E-state index contributed by atoms with van der Waals surface area (Å²) >= 11 is 1.14. The predicted octanol–water partition coefficient (Wildman–Crippen LogP) is 3.86. The molecule has 0 bridgehead atoms. The molecule has 0 saturated carbocycles. The maximum atomic E-state index is 14.8. The number of carboxylic acid groups (broad SMARTS) is 1. The van der Waals surface area contributed by atoms with Crippen molar-refractivity contribution in [3.8, 4) is 0 Å².